The fourth-order valence-corrected chi connectivity index (χ4v) is 2.56. The summed E-state index contributed by atoms with van der Waals surface area (Å²) < 4.78 is 11.4. The third kappa shape index (κ3) is 2.25. The highest BCUT2D eigenvalue weighted by Crippen LogP contribution is 2.32. The van der Waals surface area contributed by atoms with Crippen molar-refractivity contribution in [2.24, 2.45) is 0 Å². The quantitative estimate of drug-likeness (QED) is 0.767. The van der Waals surface area contributed by atoms with E-state index in [0.717, 1.165) is 48.3 Å². The average molecular weight is 285 g/mol. The molecule has 1 saturated heterocycles. The van der Waals surface area contributed by atoms with Crippen LogP contribution in [0.1, 0.15) is 12.8 Å². The fourth-order valence-electron chi connectivity index (χ4n) is 2.56. The summed E-state index contributed by atoms with van der Waals surface area (Å²) >= 11 is 0. The molecule has 7 heteroatoms. The number of H-pyrrole nitrogens is 2. The highest BCUT2D eigenvalue weighted by molar-refractivity contribution is 5.95. The summed E-state index contributed by atoms with van der Waals surface area (Å²) in [4.78, 5) is 4.39. The van der Waals surface area contributed by atoms with Crippen LogP contribution in [-0.4, -0.2) is 44.7 Å². The molecule has 1 aliphatic rings. The van der Waals surface area contributed by atoms with Crippen molar-refractivity contribution in [3.05, 3.63) is 24.5 Å². The SMILES string of the molecule is c1cc(-c2n[nH]c3ccnc(OC4CCOCC4)c23)[nH]n1. The highest BCUT2D eigenvalue weighted by Gasteiger charge is 2.20. The van der Waals surface area contributed by atoms with E-state index in [1.54, 1.807) is 12.4 Å². The summed E-state index contributed by atoms with van der Waals surface area (Å²) in [7, 11) is 0. The molecule has 108 valence electrons. The maximum absolute atomic E-state index is 6.08. The van der Waals surface area contributed by atoms with Gasteiger partial charge in [-0.2, -0.15) is 10.2 Å². The molecule has 3 aromatic heterocycles. The monoisotopic (exact) mass is 285 g/mol. The summed E-state index contributed by atoms with van der Waals surface area (Å²) in [5.74, 6) is 0.609. The molecular formula is C14H15N5O2. The van der Waals surface area contributed by atoms with E-state index in [1.165, 1.54) is 0 Å². The number of nitrogens with zero attached hydrogens (tertiary/aromatic N) is 3. The summed E-state index contributed by atoms with van der Waals surface area (Å²) in [6.07, 6.45) is 5.34. The molecule has 0 amide bonds. The van der Waals surface area contributed by atoms with Crippen molar-refractivity contribution in [3.8, 4) is 17.3 Å². The molecular weight excluding hydrogens is 270 g/mol. The number of ether oxygens (including phenoxy) is 2. The predicted molar refractivity (Wildman–Crippen MR) is 75.9 cm³/mol. The number of fused-ring (bicyclic) bond motifs is 1. The summed E-state index contributed by atoms with van der Waals surface area (Å²) in [6.45, 7) is 1.47. The van der Waals surface area contributed by atoms with Gasteiger partial charge in [0, 0.05) is 25.2 Å². The van der Waals surface area contributed by atoms with E-state index < -0.39 is 0 Å². The van der Waals surface area contributed by atoms with Gasteiger partial charge in [0.25, 0.3) is 0 Å². The van der Waals surface area contributed by atoms with E-state index in [-0.39, 0.29) is 6.10 Å². The van der Waals surface area contributed by atoms with Crippen LogP contribution in [-0.2, 0) is 4.74 Å². The second-order valence-electron chi connectivity index (χ2n) is 5.01. The van der Waals surface area contributed by atoms with Crippen molar-refractivity contribution in [2.75, 3.05) is 13.2 Å². The van der Waals surface area contributed by atoms with Crippen molar-refractivity contribution in [1.29, 1.82) is 0 Å². The number of rotatable bonds is 3. The van der Waals surface area contributed by atoms with Crippen LogP contribution in [0.15, 0.2) is 24.5 Å². The Morgan fingerprint density at radius 3 is 2.86 bits per heavy atom. The first-order valence-corrected chi connectivity index (χ1v) is 6.99. The van der Waals surface area contributed by atoms with Gasteiger partial charge in [-0.1, -0.05) is 0 Å². The van der Waals surface area contributed by atoms with E-state index in [0.29, 0.717) is 5.88 Å². The van der Waals surface area contributed by atoms with Gasteiger partial charge in [-0.3, -0.25) is 10.2 Å². The maximum atomic E-state index is 6.08. The van der Waals surface area contributed by atoms with Gasteiger partial charge in [-0.25, -0.2) is 4.98 Å². The molecule has 21 heavy (non-hydrogen) atoms. The van der Waals surface area contributed by atoms with Crippen molar-refractivity contribution < 1.29 is 9.47 Å². The second kappa shape index (κ2) is 5.17. The highest BCUT2D eigenvalue weighted by atomic mass is 16.5. The van der Waals surface area contributed by atoms with Gasteiger partial charge >= 0.3 is 0 Å². The fraction of sp³-hybridized carbons (Fsp3) is 0.357. The first-order valence-electron chi connectivity index (χ1n) is 6.99. The molecule has 7 nitrogen and oxygen atoms in total. The molecule has 1 fully saturated rings. The first-order chi connectivity index (χ1) is 10.4. The van der Waals surface area contributed by atoms with Crippen LogP contribution in [0.25, 0.3) is 22.3 Å². The van der Waals surface area contributed by atoms with E-state index in [9.17, 15) is 0 Å². The molecule has 0 atom stereocenters. The zero-order chi connectivity index (χ0) is 14.1. The molecule has 0 aromatic carbocycles. The van der Waals surface area contributed by atoms with Crippen LogP contribution in [0.4, 0.5) is 0 Å². The Morgan fingerprint density at radius 1 is 1.14 bits per heavy atom. The second-order valence-corrected chi connectivity index (χ2v) is 5.01. The Bertz CT molecular complexity index is 731. The van der Waals surface area contributed by atoms with Crippen molar-refractivity contribution in [3.63, 3.8) is 0 Å². The predicted octanol–water partition coefficient (Wildman–Crippen LogP) is 1.91. The molecule has 4 heterocycles. The van der Waals surface area contributed by atoms with Crippen molar-refractivity contribution in [1.82, 2.24) is 25.4 Å². The van der Waals surface area contributed by atoms with Gasteiger partial charge in [-0.15, -0.1) is 0 Å². The van der Waals surface area contributed by atoms with Gasteiger partial charge in [0.05, 0.1) is 29.8 Å². The Labute approximate surface area is 120 Å². The molecule has 3 aromatic rings. The smallest absolute Gasteiger partial charge is 0.225 e. The van der Waals surface area contributed by atoms with E-state index >= 15 is 0 Å². The van der Waals surface area contributed by atoms with Gasteiger partial charge in [0.15, 0.2) is 0 Å². The van der Waals surface area contributed by atoms with Gasteiger partial charge < -0.3 is 9.47 Å². The maximum Gasteiger partial charge on any atom is 0.225 e. The molecule has 0 radical (unpaired) electrons. The molecule has 0 spiro atoms. The van der Waals surface area contributed by atoms with Crippen LogP contribution in [0.2, 0.25) is 0 Å². The Balaban J connectivity index is 1.75. The van der Waals surface area contributed by atoms with Crippen LogP contribution in [0, 0.1) is 0 Å². The molecule has 0 saturated carbocycles. The van der Waals surface area contributed by atoms with E-state index in [4.69, 9.17) is 9.47 Å². The van der Waals surface area contributed by atoms with Gasteiger partial charge in [0.1, 0.15) is 11.8 Å². The normalized spacial score (nSPS) is 16.4. The Morgan fingerprint density at radius 2 is 2.05 bits per heavy atom. The Kier molecular flexibility index (Phi) is 3.04. The minimum atomic E-state index is 0.140. The molecule has 0 bridgehead atoms. The third-order valence-corrected chi connectivity index (χ3v) is 3.64. The molecule has 0 aliphatic carbocycles. The lowest BCUT2D eigenvalue weighted by Gasteiger charge is -2.23. The minimum Gasteiger partial charge on any atom is -0.474 e. The zero-order valence-electron chi connectivity index (χ0n) is 11.4. The first kappa shape index (κ1) is 12.3. The number of hydrogen-bond donors (Lipinski definition) is 2. The largest absolute Gasteiger partial charge is 0.474 e. The standard InChI is InChI=1S/C14H15N5O2/c1-5-15-14(21-9-3-7-20-8-4-9)12-10(1)18-19-13(12)11-2-6-16-17-11/h1-2,5-6,9H,3-4,7-8H2,(H,16,17)(H,18,19). The number of nitrogens with one attached hydrogen (secondary N) is 2. The summed E-state index contributed by atoms with van der Waals surface area (Å²) in [5, 5.41) is 15.1. The van der Waals surface area contributed by atoms with E-state index in [2.05, 4.69) is 25.4 Å². The van der Waals surface area contributed by atoms with Crippen LogP contribution < -0.4 is 4.74 Å². The lowest BCUT2D eigenvalue weighted by atomic mass is 10.1. The van der Waals surface area contributed by atoms with Gasteiger partial charge in [-0.05, 0) is 12.1 Å². The number of aromatic nitrogens is 5. The Hall–Kier alpha value is -2.41. The molecule has 2 N–H and O–H groups in total. The topological polar surface area (TPSA) is 88.7 Å². The van der Waals surface area contributed by atoms with Crippen LogP contribution in [0.5, 0.6) is 5.88 Å². The summed E-state index contributed by atoms with van der Waals surface area (Å²) in [5.41, 5.74) is 2.51. The minimum absolute atomic E-state index is 0.140. The van der Waals surface area contributed by atoms with Crippen LogP contribution in [0.3, 0.4) is 0 Å². The zero-order valence-corrected chi connectivity index (χ0v) is 11.4. The summed E-state index contributed by atoms with van der Waals surface area (Å²) in [6, 6.07) is 3.76. The lowest BCUT2D eigenvalue weighted by Crippen LogP contribution is -2.26. The van der Waals surface area contributed by atoms with Crippen molar-refractivity contribution >= 4 is 10.9 Å². The molecule has 0 unspecified atom stereocenters. The third-order valence-electron chi connectivity index (χ3n) is 3.64. The lowest BCUT2D eigenvalue weighted by molar-refractivity contribution is 0.0244. The number of aromatic amines is 2. The van der Waals surface area contributed by atoms with E-state index in [1.807, 2.05) is 12.1 Å². The number of pyridine rings is 1. The molecule has 4 rings (SSSR count). The van der Waals surface area contributed by atoms with Crippen molar-refractivity contribution in [2.45, 2.75) is 18.9 Å². The van der Waals surface area contributed by atoms with Gasteiger partial charge in [0.2, 0.25) is 5.88 Å². The molecule has 1 aliphatic heterocycles. The number of hydrogen-bond acceptors (Lipinski definition) is 5. The van der Waals surface area contributed by atoms with Crippen LogP contribution >= 0.6 is 0 Å². The average Bonchev–Trinajstić information content (AvgIpc) is 3.17.